The number of rotatable bonds is 5. The first-order chi connectivity index (χ1) is 12.9. The van der Waals surface area contributed by atoms with E-state index in [-0.39, 0.29) is 11.8 Å². The first-order valence-electron chi connectivity index (χ1n) is 9.07. The van der Waals surface area contributed by atoms with Crippen molar-refractivity contribution < 1.29 is 14.3 Å². The standard InChI is InChI=1S/C21H23ClN2O3/c1-14-5-8-17(9-6-14)27-15(2)20(25)23-19-10-7-16(22)13-18(19)21(26)24-11-3-4-12-24/h5-10,13,15H,3-4,11-12H2,1-2H3,(H,23,25). The number of hydrogen-bond donors (Lipinski definition) is 1. The normalized spacial score (nSPS) is 14.7. The van der Waals surface area contributed by atoms with Crippen LogP contribution in [0.2, 0.25) is 5.02 Å². The highest BCUT2D eigenvalue weighted by Gasteiger charge is 2.24. The monoisotopic (exact) mass is 386 g/mol. The minimum atomic E-state index is -0.710. The molecule has 0 radical (unpaired) electrons. The van der Waals surface area contributed by atoms with Gasteiger partial charge in [0.25, 0.3) is 11.8 Å². The SMILES string of the molecule is Cc1ccc(OC(C)C(=O)Nc2ccc(Cl)cc2C(=O)N2CCCC2)cc1. The fourth-order valence-electron chi connectivity index (χ4n) is 3.00. The van der Waals surface area contributed by atoms with Gasteiger partial charge in [-0.1, -0.05) is 29.3 Å². The summed E-state index contributed by atoms with van der Waals surface area (Å²) in [5.41, 5.74) is 1.96. The molecule has 1 aliphatic rings. The summed E-state index contributed by atoms with van der Waals surface area (Å²) in [6, 6.07) is 12.4. The molecule has 27 heavy (non-hydrogen) atoms. The highest BCUT2D eigenvalue weighted by Crippen LogP contribution is 2.24. The van der Waals surface area contributed by atoms with Crippen LogP contribution in [-0.4, -0.2) is 35.9 Å². The third kappa shape index (κ3) is 4.80. The summed E-state index contributed by atoms with van der Waals surface area (Å²) in [5, 5.41) is 3.26. The maximum Gasteiger partial charge on any atom is 0.265 e. The molecule has 1 saturated heterocycles. The number of halogens is 1. The Bertz CT molecular complexity index is 830. The molecule has 3 rings (SSSR count). The lowest BCUT2D eigenvalue weighted by Crippen LogP contribution is -2.32. The number of anilines is 1. The van der Waals surface area contributed by atoms with Crippen LogP contribution in [0.1, 0.15) is 35.7 Å². The predicted molar refractivity (Wildman–Crippen MR) is 106 cm³/mol. The molecule has 1 heterocycles. The number of amides is 2. The summed E-state index contributed by atoms with van der Waals surface area (Å²) in [6.07, 6.45) is 1.28. The largest absolute Gasteiger partial charge is 0.481 e. The molecular weight excluding hydrogens is 364 g/mol. The molecule has 2 aromatic rings. The van der Waals surface area contributed by atoms with Gasteiger partial charge in [0.1, 0.15) is 5.75 Å². The summed E-state index contributed by atoms with van der Waals surface area (Å²) in [5.74, 6) is 0.179. The van der Waals surface area contributed by atoms with Crippen molar-refractivity contribution in [2.24, 2.45) is 0 Å². The van der Waals surface area contributed by atoms with Crippen LogP contribution < -0.4 is 10.1 Å². The van der Waals surface area contributed by atoms with Gasteiger partial charge in [0.2, 0.25) is 0 Å². The van der Waals surface area contributed by atoms with Gasteiger partial charge in [-0.25, -0.2) is 0 Å². The number of nitrogens with one attached hydrogen (secondary N) is 1. The van der Waals surface area contributed by atoms with E-state index in [0.717, 1.165) is 31.5 Å². The molecule has 0 spiro atoms. The number of likely N-dealkylation sites (tertiary alicyclic amines) is 1. The zero-order valence-electron chi connectivity index (χ0n) is 15.5. The number of nitrogens with zero attached hydrogens (tertiary/aromatic N) is 1. The van der Waals surface area contributed by atoms with E-state index in [1.165, 1.54) is 0 Å². The van der Waals surface area contributed by atoms with Crippen molar-refractivity contribution in [1.29, 1.82) is 0 Å². The van der Waals surface area contributed by atoms with Crippen LogP contribution in [-0.2, 0) is 4.79 Å². The fraction of sp³-hybridized carbons (Fsp3) is 0.333. The molecule has 1 atom stereocenters. The van der Waals surface area contributed by atoms with E-state index in [1.54, 1.807) is 30.0 Å². The van der Waals surface area contributed by atoms with E-state index < -0.39 is 6.10 Å². The molecule has 1 unspecified atom stereocenters. The van der Waals surface area contributed by atoms with E-state index in [2.05, 4.69) is 5.32 Å². The average molecular weight is 387 g/mol. The van der Waals surface area contributed by atoms with E-state index in [0.29, 0.717) is 22.0 Å². The highest BCUT2D eigenvalue weighted by molar-refractivity contribution is 6.31. The van der Waals surface area contributed by atoms with Crippen molar-refractivity contribution in [2.45, 2.75) is 32.8 Å². The molecule has 2 aromatic carbocycles. The molecule has 1 fully saturated rings. The second-order valence-corrected chi connectivity index (χ2v) is 7.19. The van der Waals surface area contributed by atoms with Crippen LogP contribution in [0.25, 0.3) is 0 Å². The predicted octanol–water partition coefficient (Wildman–Crippen LogP) is 4.29. The Kier molecular flexibility index (Phi) is 6.01. The highest BCUT2D eigenvalue weighted by atomic mass is 35.5. The van der Waals surface area contributed by atoms with Crippen LogP contribution in [0.5, 0.6) is 5.75 Å². The van der Waals surface area contributed by atoms with Gasteiger partial charge in [0, 0.05) is 18.1 Å². The van der Waals surface area contributed by atoms with Gasteiger partial charge < -0.3 is 15.0 Å². The third-order valence-electron chi connectivity index (χ3n) is 4.57. The molecule has 0 saturated carbocycles. The van der Waals surface area contributed by atoms with Crippen LogP contribution in [0, 0.1) is 6.92 Å². The second kappa shape index (κ2) is 8.44. The van der Waals surface area contributed by atoms with E-state index in [1.807, 2.05) is 31.2 Å². The Morgan fingerprint density at radius 3 is 2.44 bits per heavy atom. The van der Waals surface area contributed by atoms with Gasteiger partial charge in [0.15, 0.2) is 6.10 Å². The van der Waals surface area contributed by atoms with Crippen molar-refractivity contribution in [1.82, 2.24) is 4.90 Å². The fourth-order valence-corrected chi connectivity index (χ4v) is 3.17. The average Bonchev–Trinajstić information content (AvgIpc) is 3.19. The lowest BCUT2D eigenvalue weighted by Gasteiger charge is -2.20. The van der Waals surface area contributed by atoms with Gasteiger partial charge in [-0.2, -0.15) is 0 Å². The lowest BCUT2D eigenvalue weighted by molar-refractivity contribution is -0.122. The van der Waals surface area contributed by atoms with Crippen molar-refractivity contribution in [3.05, 3.63) is 58.6 Å². The van der Waals surface area contributed by atoms with Crippen LogP contribution in [0.4, 0.5) is 5.69 Å². The summed E-state index contributed by atoms with van der Waals surface area (Å²) >= 11 is 6.08. The van der Waals surface area contributed by atoms with E-state index in [9.17, 15) is 9.59 Å². The van der Waals surface area contributed by atoms with Gasteiger partial charge in [-0.3, -0.25) is 9.59 Å². The maximum atomic E-state index is 12.8. The molecule has 2 amide bonds. The number of benzene rings is 2. The first kappa shape index (κ1) is 19.2. The molecule has 5 nitrogen and oxygen atoms in total. The van der Waals surface area contributed by atoms with Crippen molar-refractivity contribution in [3.8, 4) is 5.75 Å². The van der Waals surface area contributed by atoms with Crippen molar-refractivity contribution in [3.63, 3.8) is 0 Å². The van der Waals surface area contributed by atoms with E-state index >= 15 is 0 Å². The number of ether oxygens (including phenoxy) is 1. The van der Waals surface area contributed by atoms with Gasteiger partial charge in [0.05, 0.1) is 11.3 Å². The zero-order valence-corrected chi connectivity index (χ0v) is 16.3. The quantitative estimate of drug-likeness (QED) is 0.833. The maximum absolute atomic E-state index is 12.8. The van der Waals surface area contributed by atoms with Crippen molar-refractivity contribution in [2.75, 3.05) is 18.4 Å². The number of aryl methyl sites for hydroxylation is 1. The smallest absolute Gasteiger partial charge is 0.265 e. The first-order valence-corrected chi connectivity index (χ1v) is 9.45. The molecule has 0 aromatic heterocycles. The molecule has 0 aliphatic carbocycles. The Labute approximate surface area is 164 Å². The molecule has 142 valence electrons. The van der Waals surface area contributed by atoms with Crippen molar-refractivity contribution >= 4 is 29.1 Å². The second-order valence-electron chi connectivity index (χ2n) is 6.75. The number of hydrogen-bond acceptors (Lipinski definition) is 3. The van der Waals surface area contributed by atoms with Crippen LogP contribution in [0.3, 0.4) is 0 Å². The van der Waals surface area contributed by atoms with Gasteiger partial charge in [-0.15, -0.1) is 0 Å². The van der Waals surface area contributed by atoms with Gasteiger partial charge in [-0.05, 0) is 57.0 Å². The molecule has 1 N–H and O–H groups in total. The Hall–Kier alpha value is -2.53. The summed E-state index contributed by atoms with van der Waals surface area (Å²) < 4.78 is 5.69. The lowest BCUT2D eigenvalue weighted by atomic mass is 10.1. The van der Waals surface area contributed by atoms with Crippen LogP contribution in [0.15, 0.2) is 42.5 Å². The Morgan fingerprint density at radius 1 is 1.11 bits per heavy atom. The van der Waals surface area contributed by atoms with Gasteiger partial charge >= 0.3 is 0 Å². The Morgan fingerprint density at radius 2 is 1.78 bits per heavy atom. The zero-order chi connectivity index (χ0) is 19.4. The minimum Gasteiger partial charge on any atom is -0.481 e. The summed E-state index contributed by atoms with van der Waals surface area (Å²) in [6.45, 7) is 5.11. The molecule has 6 heteroatoms. The summed E-state index contributed by atoms with van der Waals surface area (Å²) in [7, 11) is 0. The minimum absolute atomic E-state index is 0.114. The number of carbonyl (C=O) groups excluding carboxylic acids is 2. The third-order valence-corrected chi connectivity index (χ3v) is 4.80. The molecule has 0 bridgehead atoms. The number of carbonyl (C=O) groups is 2. The molecular formula is C21H23ClN2O3. The van der Waals surface area contributed by atoms with E-state index in [4.69, 9.17) is 16.3 Å². The van der Waals surface area contributed by atoms with Crippen LogP contribution >= 0.6 is 11.6 Å². The Balaban J connectivity index is 1.73. The molecule has 1 aliphatic heterocycles. The topological polar surface area (TPSA) is 58.6 Å². The summed E-state index contributed by atoms with van der Waals surface area (Å²) in [4.78, 5) is 27.1.